The Hall–Kier alpha value is -3.36. The number of rotatable bonds is 6. The molecular formula is C18H23N7O2. The van der Waals surface area contributed by atoms with Crippen LogP contribution < -0.4 is 10.6 Å². The molecule has 3 N–H and O–H groups in total. The fourth-order valence-corrected chi connectivity index (χ4v) is 2.85. The van der Waals surface area contributed by atoms with Gasteiger partial charge in [-0.15, -0.1) is 0 Å². The van der Waals surface area contributed by atoms with Crippen molar-refractivity contribution in [3.8, 4) is 11.3 Å². The molecule has 3 rings (SSSR count). The summed E-state index contributed by atoms with van der Waals surface area (Å²) in [7, 11) is 3.58. The molecule has 3 amide bonds. The summed E-state index contributed by atoms with van der Waals surface area (Å²) in [4.78, 5) is 38.2. The fourth-order valence-electron chi connectivity index (χ4n) is 2.85. The molecule has 9 heteroatoms. The molecule has 142 valence electrons. The van der Waals surface area contributed by atoms with E-state index in [1.165, 1.54) is 4.90 Å². The Morgan fingerprint density at radius 1 is 1.33 bits per heavy atom. The van der Waals surface area contributed by atoms with Gasteiger partial charge in [0.2, 0.25) is 5.91 Å². The van der Waals surface area contributed by atoms with Gasteiger partial charge in [-0.25, -0.2) is 9.78 Å². The monoisotopic (exact) mass is 369 g/mol. The van der Waals surface area contributed by atoms with Crippen molar-refractivity contribution in [1.82, 2.24) is 30.4 Å². The number of urea groups is 1. The third-order valence-corrected chi connectivity index (χ3v) is 4.23. The molecular weight excluding hydrogens is 346 g/mol. The van der Waals surface area contributed by atoms with Crippen LogP contribution in [0.4, 0.5) is 4.79 Å². The van der Waals surface area contributed by atoms with Gasteiger partial charge in [0, 0.05) is 27.2 Å². The standard InChI is InChI=1S/C18H23N7O2/c1-19-17(20-8-9-25-16(26)11-22-18(25)27)24(2)12-15-21-10-14(23-15)13-6-4-3-5-7-13/h3-7,10H,8-9,11-12H2,1-2H3,(H,19,20)(H,21,23)(H,22,27). The molecule has 0 bridgehead atoms. The van der Waals surface area contributed by atoms with Gasteiger partial charge < -0.3 is 20.5 Å². The molecule has 1 fully saturated rings. The Kier molecular flexibility index (Phi) is 5.70. The van der Waals surface area contributed by atoms with Crippen LogP contribution in [-0.2, 0) is 11.3 Å². The highest BCUT2D eigenvalue weighted by molar-refractivity contribution is 6.01. The summed E-state index contributed by atoms with van der Waals surface area (Å²) in [5, 5.41) is 5.66. The SMILES string of the molecule is CN=C(NCCN1C(=O)CNC1=O)N(C)Cc1ncc(-c2ccccc2)[nH]1. The van der Waals surface area contributed by atoms with Crippen molar-refractivity contribution in [3.63, 3.8) is 0 Å². The summed E-state index contributed by atoms with van der Waals surface area (Å²) in [5.41, 5.74) is 2.04. The predicted octanol–water partition coefficient (Wildman–Crippen LogP) is 0.636. The highest BCUT2D eigenvalue weighted by Gasteiger charge is 2.27. The van der Waals surface area contributed by atoms with Crippen molar-refractivity contribution in [1.29, 1.82) is 0 Å². The van der Waals surface area contributed by atoms with Crippen molar-refractivity contribution in [2.75, 3.05) is 33.7 Å². The Morgan fingerprint density at radius 2 is 2.11 bits per heavy atom. The smallest absolute Gasteiger partial charge is 0.324 e. The summed E-state index contributed by atoms with van der Waals surface area (Å²) >= 11 is 0. The van der Waals surface area contributed by atoms with Crippen LogP contribution in [0.25, 0.3) is 11.3 Å². The number of aliphatic imine (C=N–C) groups is 1. The van der Waals surface area contributed by atoms with E-state index in [0.717, 1.165) is 17.1 Å². The molecule has 1 aromatic heterocycles. The van der Waals surface area contributed by atoms with Gasteiger partial charge in [0.25, 0.3) is 0 Å². The Bertz CT molecular complexity index is 815. The molecule has 0 aliphatic carbocycles. The van der Waals surface area contributed by atoms with Gasteiger partial charge >= 0.3 is 6.03 Å². The molecule has 0 spiro atoms. The number of carbonyl (C=O) groups is 2. The zero-order valence-electron chi connectivity index (χ0n) is 15.4. The lowest BCUT2D eigenvalue weighted by Gasteiger charge is -2.22. The van der Waals surface area contributed by atoms with Gasteiger partial charge in [-0.3, -0.25) is 14.7 Å². The number of hydrogen-bond acceptors (Lipinski definition) is 4. The molecule has 9 nitrogen and oxygen atoms in total. The van der Waals surface area contributed by atoms with Crippen molar-refractivity contribution in [3.05, 3.63) is 42.4 Å². The number of imide groups is 1. The van der Waals surface area contributed by atoms with Gasteiger partial charge in [-0.05, 0) is 5.56 Å². The second-order valence-corrected chi connectivity index (χ2v) is 6.14. The maximum absolute atomic E-state index is 11.6. The number of nitrogens with one attached hydrogen (secondary N) is 3. The second-order valence-electron chi connectivity index (χ2n) is 6.14. The van der Waals surface area contributed by atoms with Gasteiger partial charge in [0.15, 0.2) is 5.96 Å². The first-order chi connectivity index (χ1) is 13.1. The largest absolute Gasteiger partial charge is 0.354 e. The number of nitrogens with zero attached hydrogens (tertiary/aromatic N) is 4. The fraction of sp³-hybridized carbons (Fsp3) is 0.333. The highest BCUT2D eigenvalue weighted by Crippen LogP contribution is 2.16. The lowest BCUT2D eigenvalue weighted by Crippen LogP contribution is -2.43. The van der Waals surface area contributed by atoms with Crippen molar-refractivity contribution in [2.24, 2.45) is 4.99 Å². The minimum Gasteiger partial charge on any atom is -0.354 e. The van der Waals surface area contributed by atoms with E-state index in [2.05, 4.69) is 25.6 Å². The molecule has 1 aliphatic heterocycles. The summed E-state index contributed by atoms with van der Waals surface area (Å²) in [6.45, 7) is 1.31. The number of carbonyl (C=O) groups excluding carboxylic acids is 2. The van der Waals surface area contributed by atoms with Crippen LogP contribution in [-0.4, -0.2) is 71.4 Å². The lowest BCUT2D eigenvalue weighted by atomic mass is 10.2. The van der Waals surface area contributed by atoms with E-state index in [4.69, 9.17) is 0 Å². The number of imidazole rings is 1. The molecule has 0 unspecified atom stereocenters. The van der Waals surface area contributed by atoms with Crippen LogP contribution in [0.2, 0.25) is 0 Å². The normalized spacial score (nSPS) is 14.4. The molecule has 1 aliphatic rings. The molecule has 1 aromatic carbocycles. The van der Waals surface area contributed by atoms with Crippen LogP contribution in [0.5, 0.6) is 0 Å². The van der Waals surface area contributed by atoms with Crippen molar-refractivity contribution < 1.29 is 9.59 Å². The van der Waals surface area contributed by atoms with Crippen LogP contribution in [0.3, 0.4) is 0 Å². The molecule has 0 radical (unpaired) electrons. The third-order valence-electron chi connectivity index (χ3n) is 4.23. The van der Waals surface area contributed by atoms with E-state index in [9.17, 15) is 9.59 Å². The van der Waals surface area contributed by atoms with Gasteiger partial charge in [-0.1, -0.05) is 30.3 Å². The molecule has 2 heterocycles. The second kappa shape index (κ2) is 8.35. The number of hydrogen-bond donors (Lipinski definition) is 3. The zero-order valence-corrected chi connectivity index (χ0v) is 15.4. The van der Waals surface area contributed by atoms with E-state index in [-0.39, 0.29) is 25.0 Å². The third kappa shape index (κ3) is 4.43. The molecule has 0 saturated carbocycles. The molecule has 2 aromatic rings. The van der Waals surface area contributed by atoms with E-state index >= 15 is 0 Å². The van der Waals surface area contributed by atoms with Crippen LogP contribution >= 0.6 is 0 Å². The molecule has 1 saturated heterocycles. The van der Waals surface area contributed by atoms with Crippen LogP contribution in [0, 0.1) is 0 Å². The topological polar surface area (TPSA) is 106 Å². The number of benzene rings is 1. The van der Waals surface area contributed by atoms with Crippen molar-refractivity contribution >= 4 is 17.9 Å². The zero-order chi connectivity index (χ0) is 19.2. The summed E-state index contributed by atoms with van der Waals surface area (Å²) in [6.07, 6.45) is 1.81. The van der Waals surface area contributed by atoms with Crippen LogP contribution in [0.15, 0.2) is 41.5 Å². The quantitative estimate of drug-likeness (QED) is 0.394. The highest BCUT2D eigenvalue weighted by atomic mass is 16.2. The average Bonchev–Trinajstić information content (AvgIpc) is 3.27. The van der Waals surface area contributed by atoms with Gasteiger partial charge in [0.1, 0.15) is 5.82 Å². The maximum Gasteiger partial charge on any atom is 0.324 e. The average molecular weight is 369 g/mol. The minimum atomic E-state index is -0.353. The summed E-state index contributed by atoms with van der Waals surface area (Å²) < 4.78 is 0. The maximum atomic E-state index is 11.6. The Morgan fingerprint density at radius 3 is 2.78 bits per heavy atom. The Balaban J connectivity index is 1.53. The van der Waals surface area contributed by atoms with E-state index in [1.54, 1.807) is 7.05 Å². The Labute approximate surface area is 157 Å². The van der Waals surface area contributed by atoms with Gasteiger partial charge in [0.05, 0.1) is 25.0 Å². The lowest BCUT2D eigenvalue weighted by molar-refractivity contribution is -0.124. The number of aromatic nitrogens is 2. The first-order valence-electron chi connectivity index (χ1n) is 8.67. The van der Waals surface area contributed by atoms with E-state index in [1.807, 2.05) is 48.5 Å². The van der Waals surface area contributed by atoms with E-state index < -0.39 is 0 Å². The molecule has 0 atom stereocenters. The number of aromatic amines is 1. The number of H-pyrrole nitrogens is 1. The van der Waals surface area contributed by atoms with E-state index in [0.29, 0.717) is 19.0 Å². The summed E-state index contributed by atoms with van der Waals surface area (Å²) in [5.74, 6) is 1.25. The van der Waals surface area contributed by atoms with Crippen LogP contribution in [0.1, 0.15) is 5.82 Å². The van der Waals surface area contributed by atoms with Gasteiger partial charge in [-0.2, -0.15) is 0 Å². The first-order valence-corrected chi connectivity index (χ1v) is 8.67. The number of guanidine groups is 1. The first kappa shape index (κ1) is 18.4. The minimum absolute atomic E-state index is 0.0652. The molecule has 27 heavy (non-hydrogen) atoms. The van der Waals surface area contributed by atoms with Crippen molar-refractivity contribution in [2.45, 2.75) is 6.54 Å². The number of amides is 3. The predicted molar refractivity (Wildman–Crippen MR) is 102 cm³/mol. The summed E-state index contributed by atoms with van der Waals surface area (Å²) in [6, 6.07) is 9.64.